The molecule has 22 heavy (non-hydrogen) atoms. The third-order valence-corrected chi connectivity index (χ3v) is 3.02. The number of alkyl halides is 3. The molecule has 2 aromatic rings. The van der Waals surface area contributed by atoms with Gasteiger partial charge in [0, 0.05) is 13.1 Å². The fourth-order valence-electron chi connectivity index (χ4n) is 1.90. The molecule has 0 amide bonds. The number of nitrogens with one attached hydrogen (secondary N) is 1. The van der Waals surface area contributed by atoms with Gasteiger partial charge in [-0.1, -0.05) is 18.2 Å². The van der Waals surface area contributed by atoms with Gasteiger partial charge in [0.25, 0.3) is 0 Å². The minimum Gasteiger partial charge on any atom is -0.465 e. The number of halogens is 3. The molecule has 6 heteroatoms. The smallest absolute Gasteiger partial charge is 0.416 e. The fourth-order valence-corrected chi connectivity index (χ4v) is 1.90. The molecule has 118 valence electrons. The van der Waals surface area contributed by atoms with E-state index < -0.39 is 17.8 Å². The first kappa shape index (κ1) is 16.3. The summed E-state index contributed by atoms with van der Waals surface area (Å²) in [6.45, 7) is 0.626. The standard InChI is InChI=1S/C16H16F3NO2/c17-16(18,19)13-5-1-4-12(10-13)15(21)11-20-8-2-6-14-7-3-9-22-14/h1-7,9-10,15,20-21H,8,11H2/b6-2+. The Morgan fingerprint density at radius 1 is 1.23 bits per heavy atom. The van der Waals surface area contributed by atoms with Crippen LogP contribution < -0.4 is 5.32 Å². The molecule has 0 spiro atoms. The summed E-state index contributed by atoms with van der Waals surface area (Å²) >= 11 is 0. The Morgan fingerprint density at radius 3 is 2.73 bits per heavy atom. The van der Waals surface area contributed by atoms with Crippen LogP contribution in [0.5, 0.6) is 0 Å². The predicted octanol–water partition coefficient (Wildman–Crippen LogP) is 3.63. The minimum atomic E-state index is -4.41. The zero-order valence-electron chi connectivity index (χ0n) is 11.7. The van der Waals surface area contributed by atoms with Crippen LogP contribution in [0.2, 0.25) is 0 Å². The molecule has 0 bridgehead atoms. The minimum absolute atomic E-state index is 0.157. The van der Waals surface area contributed by atoms with Gasteiger partial charge < -0.3 is 14.8 Å². The van der Waals surface area contributed by atoms with E-state index in [4.69, 9.17) is 4.42 Å². The van der Waals surface area contributed by atoms with Crippen LogP contribution in [0.15, 0.2) is 53.2 Å². The maximum atomic E-state index is 12.6. The molecule has 1 heterocycles. The number of hydrogen-bond acceptors (Lipinski definition) is 3. The topological polar surface area (TPSA) is 45.4 Å². The highest BCUT2D eigenvalue weighted by molar-refractivity contribution is 5.42. The van der Waals surface area contributed by atoms with E-state index >= 15 is 0 Å². The Bertz CT molecular complexity index is 606. The molecule has 2 N–H and O–H groups in total. The van der Waals surface area contributed by atoms with Gasteiger partial charge in [0.05, 0.1) is 17.9 Å². The number of furan rings is 1. The lowest BCUT2D eigenvalue weighted by atomic mass is 10.1. The van der Waals surface area contributed by atoms with Crippen molar-refractivity contribution in [3.05, 3.63) is 65.6 Å². The van der Waals surface area contributed by atoms with Crippen molar-refractivity contribution < 1.29 is 22.7 Å². The summed E-state index contributed by atoms with van der Waals surface area (Å²) < 4.78 is 42.9. The Morgan fingerprint density at radius 2 is 2.05 bits per heavy atom. The summed E-state index contributed by atoms with van der Waals surface area (Å²) in [4.78, 5) is 0. The van der Waals surface area contributed by atoms with Crippen molar-refractivity contribution in [2.24, 2.45) is 0 Å². The summed E-state index contributed by atoms with van der Waals surface area (Å²) in [5, 5.41) is 12.9. The molecule has 0 aliphatic rings. The van der Waals surface area contributed by atoms with Gasteiger partial charge in [0.2, 0.25) is 0 Å². The lowest BCUT2D eigenvalue weighted by molar-refractivity contribution is -0.137. The Balaban J connectivity index is 1.83. The first-order valence-corrected chi connectivity index (χ1v) is 6.73. The quantitative estimate of drug-likeness (QED) is 0.801. The Hall–Kier alpha value is -2.05. The first-order chi connectivity index (χ1) is 10.5. The van der Waals surface area contributed by atoms with Gasteiger partial charge in [-0.2, -0.15) is 13.2 Å². The second kappa shape index (κ2) is 7.29. The molecule has 0 aliphatic heterocycles. The predicted molar refractivity (Wildman–Crippen MR) is 77.0 cm³/mol. The third-order valence-electron chi connectivity index (χ3n) is 3.02. The van der Waals surface area contributed by atoms with Crippen molar-refractivity contribution in [2.45, 2.75) is 12.3 Å². The lowest BCUT2D eigenvalue weighted by Crippen LogP contribution is -2.21. The summed E-state index contributed by atoms with van der Waals surface area (Å²) in [5.74, 6) is 0.709. The number of benzene rings is 1. The zero-order chi connectivity index (χ0) is 16.0. The molecular formula is C16H16F3NO2. The zero-order valence-corrected chi connectivity index (χ0v) is 11.7. The number of aliphatic hydroxyl groups excluding tert-OH is 1. The summed E-state index contributed by atoms with van der Waals surface area (Å²) in [6, 6.07) is 8.28. The van der Waals surface area contributed by atoms with Gasteiger partial charge in [0.15, 0.2) is 0 Å². The van der Waals surface area contributed by atoms with Gasteiger partial charge in [-0.25, -0.2) is 0 Å². The Kier molecular flexibility index (Phi) is 5.41. The highest BCUT2D eigenvalue weighted by atomic mass is 19.4. The number of hydrogen-bond donors (Lipinski definition) is 2. The molecule has 0 fully saturated rings. The van der Waals surface area contributed by atoms with E-state index in [-0.39, 0.29) is 12.1 Å². The van der Waals surface area contributed by atoms with E-state index in [9.17, 15) is 18.3 Å². The van der Waals surface area contributed by atoms with Crippen molar-refractivity contribution in [3.8, 4) is 0 Å². The molecule has 1 aromatic carbocycles. The molecule has 1 aromatic heterocycles. The normalized spacial score (nSPS) is 13.6. The average molecular weight is 311 g/mol. The molecule has 0 saturated carbocycles. The number of aliphatic hydroxyl groups is 1. The summed E-state index contributed by atoms with van der Waals surface area (Å²) in [6.07, 6.45) is -0.278. The maximum Gasteiger partial charge on any atom is 0.416 e. The van der Waals surface area contributed by atoms with E-state index in [1.807, 2.05) is 0 Å². The van der Waals surface area contributed by atoms with E-state index in [1.165, 1.54) is 12.1 Å². The van der Waals surface area contributed by atoms with Crippen LogP contribution in [-0.4, -0.2) is 18.2 Å². The van der Waals surface area contributed by atoms with Crippen molar-refractivity contribution >= 4 is 6.08 Å². The van der Waals surface area contributed by atoms with Gasteiger partial charge in [-0.05, 0) is 35.9 Å². The largest absolute Gasteiger partial charge is 0.465 e. The average Bonchev–Trinajstić information content (AvgIpc) is 2.99. The third kappa shape index (κ3) is 4.75. The van der Waals surface area contributed by atoms with Crippen molar-refractivity contribution in [2.75, 3.05) is 13.1 Å². The molecule has 0 aliphatic carbocycles. The van der Waals surface area contributed by atoms with Gasteiger partial charge >= 0.3 is 6.18 Å². The van der Waals surface area contributed by atoms with Crippen LogP contribution in [0.1, 0.15) is 23.0 Å². The van der Waals surface area contributed by atoms with Crippen LogP contribution in [-0.2, 0) is 6.18 Å². The molecule has 1 atom stereocenters. The lowest BCUT2D eigenvalue weighted by Gasteiger charge is -2.14. The van der Waals surface area contributed by atoms with E-state index in [0.717, 1.165) is 12.1 Å². The highest BCUT2D eigenvalue weighted by Crippen LogP contribution is 2.30. The van der Waals surface area contributed by atoms with Crippen LogP contribution in [0.25, 0.3) is 6.08 Å². The monoisotopic (exact) mass is 311 g/mol. The van der Waals surface area contributed by atoms with Crippen molar-refractivity contribution in [1.82, 2.24) is 5.32 Å². The van der Waals surface area contributed by atoms with Crippen LogP contribution in [0.4, 0.5) is 13.2 Å². The maximum absolute atomic E-state index is 12.6. The van der Waals surface area contributed by atoms with E-state index in [2.05, 4.69) is 5.32 Å². The Labute approximate surface area is 126 Å². The number of rotatable bonds is 6. The van der Waals surface area contributed by atoms with Gasteiger partial charge in [-0.3, -0.25) is 0 Å². The van der Waals surface area contributed by atoms with Gasteiger partial charge in [-0.15, -0.1) is 0 Å². The molecule has 2 rings (SSSR count). The molecule has 3 nitrogen and oxygen atoms in total. The SMILES string of the molecule is OC(CNC/C=C/c1ccco1)c1cccc(C(F)(F)F)c1. The summed E-state index contributed by atoms with van der Waals surface area (Å²) in [7, 11) is 0. The van der Waals surface area contributed by atoms with Crippen LogP contribution in [0, 0.1) is 0 Å². The van der Waals surface area contributed by atoms with Gasteiger partial charge in [0.1, 0.15) is 5.76 Å². The first-order valence-electron chi connectivity index (χ1n) is 6.73. The second-order valence-corrected chi connectivity index (χ2v) is 4.72. The fraction of sp³-hybridized carbons (Fsp3) is 0.250. The van der Waals surface area contributed by atoms with Crippen molar-refractivity contribution in [3.63, 3.8) is 0 Å². The molecule has 0 radical (unpaired) electrons. The second-order valence-electron chi connectivity index (χ2n) is 4.72. The van der Waals surface area contributed by atoms with Crippen LogP contribution in [0.3, 0.4) is 0 Å². The highest BCUT2D eigenvalue weighted by Gasteiger charge is 2.30. The molecule has 1 unspecified atom stereocenters. The van der Waals surface area contributed by atoms with Crippen molar-refractivity contribution in [1.29, 1.82) is 0 Å². The summed E-state index contributed by atoms with van der Waals surface area (Å²) in [5.41, 5.74) is -0.529. The molecule has 0 saturated heterocycles. The van der Waals surface area contributed by atoms with E-state index in [1.54, 1.807) is 30.5 Å². The van der Waals surface area contributed by atoms with E-state index in [0.29, 0.717) is 12.3 Å². The van der Waals surface area contributed by atoms with Crippen LogP contribution >= 0.6 is 0 Å². The molecular weight excluding hydrogens is 295 g/mol.